The van der Waals surface area contributed by atoms with Gasteiger partial charge in [0.25, 0.3) is 0 Å². The maximum Gasteiger partial charge on any atom is 0.316 e. The summed E-state index contributed by atoms with van der Waals surface area (Å²) in [4.78, 5) is 25.8. The molecule has 0 aromatic carbocycles. The SMILES string of the molecule is CC(C)(C)C(C(=O)O)C(=O)N1CCOC2CCCC21. The lowest BCUT2D eigenvalue weighted by Crippen LogP contribution is -2.55. The van der Waals surface area contributed by atoms with E-state index in [9.17, 15) is 14.7 Å². The Morgan fingerprint density at radius 2 is 2.00 bits per heavy atom. The van der Waals surface area contributed by atoms with Crippen LogP contribution in [-0.4, -0.2) is 47.2 Å². The van der Waals surface area contributed by atoms with Gasteiger partial charge in [0, 0.05) is 6.54 Å². The van der Waals surface area contributed by atoms with Gasteiger partial charge in [-0.15, -0.1) is 0 Å². The van der Waals surface area contributed by atoms with Gasteiger partial charge in [-0.2, -0.15) is 0 Å². The number of carboxylic acid groups (broad SMARTS) is 1. The largest absolute Gasteiger partial charge is 0.481 e. The molecule has 3 atom stereocenters. The number of hydrogen-bond acceptors (Lipinski definition) is 3. The molecule has 108 valence electrons. The molecule has 3 unspecified atom stereocenters. The van der Waals surface area contributed by atoms with Crippen molar-refractivity contribution in [2.24, 2.45) is 11.3 Å². The first kappa shape index (κ1) is 14.3. The number of nitrogens with zero attached hydrogens (tertiary/aromatic N) is 1. The zero-order chi connectivity index (χ0) is 14.2. The van der Waals surface area contributed by atoms with Gasteiger partial charge in [-0.25, -0.2) is 0 Å². The van der Waals surface area contributed by atoms with Gasteiger partial charge in [0.05, 0.1) is 18.8 Å². The highest BCUT2D eigenvalue weighted by Gasteiger charge is 2.45. The first-order chi connectivity index (χ1) is 8.82. The quantitative estimate of drug-likeness (QED) is 0.772. The van der Waals surface area contributed by atoms with Crippen molar-refractivity contribution in [1.29, 1.82) is 0 Å². The van der Waals surface area contributed by atoms with E-state index in [1.807, 2.05) is 0 Å². The highest BCUT2D eigenvalue weighted by Crippen LogP contribution is 2.34. The Morgan fingerprint density at radius 1 is 1.32 bits per heavy atom. The van der Waals surface area contributed by atoms with E-state index in [0.29, 0.717) is 13.2 Å². The van der Waals surface area contributed by atoms with Crippen molar-refractivity contribution >= 4 is 11.9 Å². The number of morpholine rings is 1. The Bertz CT molecular complexity index is 374. The zero-order valence-electron chi connectivity index (χ0n) is 11.9. The number of carbonyl (C=O) groups is 2. The fraction of sp³-hybridized carbons (Fsp3) is 0.857. The van der Waals surface area contributed by atoms with Crippen LogP contribution < -0.4 is 0 Å². The van der Waals surface area contributed by atoms with Crippen LogP contribution in [0, 0.1) is 11.3 Å². The topological polar surface area (TPSA) is 66.8 Å². The molecule has 1 saturated heterocycles. The first-order valence-electron chi connectivity index (χ1n) is 6.97. The molecule has 1 saturated carbocycles. The van der Waals surface area contributed by atoms with Crippen molar-refractivity contribution in [1.82, 2.24) is 4.90 Å². The summed E-state index contributed by atoms with van der Waals surface area (Å²) in [6, 6.07) is 0.0745. The second-order valence-electron chi connectivity index (χ2n) is 6.58. The van der Waals surface area contributed by atoms with E-state index in [1.54, 1.807) is 25.7 Å². The summed E-state index contributed by atoms with van der Waals surface area (Å²) in [5.41, 5.74) is -0.574. The summed E-state index contributed by atoms with van der Waals surface area (Å²) in [5.74, 6) is -2.26. The molecule has 0 aromatic rings. The minimum Gasteiger partial charge on any atom is -0.481 e. The van der Waals surface area contributed by atoms with Gasteiger partial charge in [-0.1, -0.05) is 20.8 Å². The number of carbonyl (C=O) groups excluding carboxylic acids is 1. The Balaban J connectivity index is 2.19. The summed E-state index contributed by atoms with van der Waals surface area (Å²) >= 11 is 0. The van der Waals surface area contributed by atoms with E-state index < -0.39 is 17.3 Å². The van der Waals surface area contributed by atoms with Crippen LogP contribution in [0.25, 0.3) is 0 Å². The third-order valence-corrected chi connectivity index (χ3v) is 4.13. The van der Waals surface area contributed by atoms with Crippen molar-refractivity contribution in [3.8, 4) is 0 Å². The predicted octanol–water partition coefficient (Wildman–Crippen LogP) is 1.51. The van der Waals surface area contributed by atoms with E-state index in [0.717, 1.165) is 19.3 Å². The van der Waals surface area contributed by atoms with Gasteiger partial charge < -0.3 is 14.7 Å². The van der Waals surface area contributed by atoms with Crippen LogP contribution in [-0.2, 0) is 14.3 Å². The molecule has 2 rings (SSSR count). The van der Waals surface area contributed by atoms with Crippen molar-refractivity contribution in [3.05, 3.63) is 0 Å². The van der Waals surface area contributed by atoms with Gasteiger partial charge in [0.1, 0.15) is 5.92 Å². The molecule has 0 bridgehead atoms. The number of hydrogen-bond donors (Lipinski definition) is 1. The minimum atomic E-state index is -1.03. The normalized spacial score (nSPS) is 28.9. The lowest BCUT2D eigenvalue weighted by molar-refractivity contribution is -0.162. The molecule has 0 spiro atoms. The number of carboxylic acids is 1. The smallest absolute Gasteiger partial charge is 0.316 e. The molecule has 0 radical (unpaired) electrons. The maximum absolute atomic E-state index is 12.6. The number of ether oxygens (including phenoxy) is 1. The summed E-state index contributed by atoms with van der Waals surface area (Å²) in [7, 11) is 0. The zero-order valence-corrected chi connectivity index (χ0v) is 11.9. The summed E-state index contributed by atoms with van der Waals surface area (Å²) < 4.78 is 5.67. The molecule has 5 nitrogen and oxygen atoms in total. The molecule has 1 amide bonds. The molecule has 1 aliphatic carbocycles. The van der Waals surface area contributed by atoms with Gasteiger partial charge in [0.2, 0.25) is 5.91 Å². The van der Waals surface area contributed by atoms with Crippen LogP contribution in [0.5, 0.6) is 0 Å². The molecule has 1 aliphatic heterocycles. The number of rotatable bonds is 2. The summed E-state index contributed by atoms with van der Waals surface area (Å²) in [5, 5.41) is 9.37. The minimum absolute atomic E-state index is 0.0745. The highest BCUT2D eigenvalue weighted by molar-refractivity contribution is 5.98. The van der Waals surface area contributed by atoms with E-state index >= 15 is 0 Å². The van der Waals surface area contributed by atoms with E-state index in [-0.39, 0.29) is 18.1 Å². The standard InChI is InChI=1S/C14H23NO4/c1-14(2,3)11(13(17)18)12(16)15-7-8-19-10-6-4-5-9(10)15/h9-11H,4-8H2,1-3H3,(H,17,18). The molecule has 2 fully saturated rings. The van der Waals surface area contributed by atoms with Crippen molar-refractivity contribution < 1.29 is 19.4 Å². The Hall–Kier alpha value is -1.10. The molecule has 2 aliphatic rings. The Morgan fingerprint density at radius 3 is 2.58 bits per heavy atom. The van der Waals surface area contributed by atoms with Crippen LogP contribution in [0.15, 0.2) is 0 Å². The Kier molecular flexibility index (Phi) is 3.85. The average Bonchev–Trinajstić information content (AvgIpc) is 2.73. The summed E-state index contributed by atoms with van der Waals surface area (Å²) in [6.45, 7) is 6.44. The van der Waals surface area contributed by atoms with Crippen LogP contribution in [0.3, 0.4) is 0 Å². The molecular weight excluding hydrogens is 246 g/mol. The molecule has 1 N–H and O–H groups in total. The fourth-order valence-electron chi connectivity index (χ4n) is 3.21. The fourth-order valence-corrected chi connectivity index (χ4v) is 3.21. The van der Waals surface area contributed by atoms with Crippen LogP contribution in [0.4, 0.5) is 0 Å². The lowest BCUT2D eigenvalue weighted by Gasteiger charge is -2.40. The number of aliphatic carboxylic acids is 1. The Labute approximate surface area is 113 Å². The van der Waals surface area contributed by atoms with Gasteiger partial charge in [-0.3, -0.25) is 9.59 Å². The molecule has 1 heterocycles. The van der Waals surface area contributed by atoms with Crippen LogP contribution in [0.1, 0.15) is 40.0 Å². The predicted molar refractivity (Wildman–Crippen MR) is 69.7 cm³/mol. The molecule has 0 aromatic heterocycles. The molecular formula is C14H23NO4. The first-order valence-corrected chi connectivity index (χ1v) is 6.97. The third-order valence-electron chi connectivity index (χ3n) is 4.13. The highest BCUT2D eigenvalue weighted by atomic mass is 16.5. The van der Waals surface area contributed by atoms with Gasteiger partial charge in [-0.05, 0) is 24.7 Å². The maximum atomic E-state index is 12.6. The molecule has 5 heteroatoms. The van der Waals surface area contributed by atoms with Crippen molar-refractivity contribution in [2.45, 2.75) is 52.2 Å². The van der Waals surface area contributed by atoms with Crippen molar-refractivity contribution in [2.75, 3.05) is 13.2 Å². The van der Waals surface area contributed by atoms with Crippen LogP contribution in [0.2, 0.25) is 0 Å². The van der Waals surface area contributed by atoms with E-state index in [2.05, 4.69) is 0 Å². The van der Waals surface area contributed by atoms with Gasteiger partial charge in [0.15, 0.2) is 0 Å². The van der Waals surface area contributed by atoms with E-state index in [1.165, 1.54) is 0 Å². The van der Waals surface area contributed by atoms with Crippen LogP contribution >= 0.6 is 0 Å². The average molecular weight is 269 g/mol. The summed E-state index contributed by atoms with van der Waals surface area (Å²) in [6.07, 6.45) is 3.05. The lowest BCUT2D eigenvalue weighted by atomic mass is 9.79. The number of fused-ring (bicyclic) bond motifs is 1. The molecule has 19 heavy (non-hydrogen) atoms. The monoisotopic (exact) mass is 269 g/mol. The van der Waals surface area contributed by atoms with Crippen molar-refractivity contribution in [3.63, 3.8) is 0 Å². The second-order valence-corrected chi connectivity index (χ2v) is 6.58. The van der Waals surface area contributed by atoms with E-state index in [4.69, 9.17) is 4.74 Å². The van der Waals surface area contributed by atoms with Gasteiger partial charge >= 0.3 is 5.97 Å². The third kappa shape index (κ3) is 2.76. The second kappa shape index (κ2) is 5.12. The number of amides is 1.